The lowest BCUT2D eigenvalue weighted by Crippen LogP contribution is -2.13. The second-order valence-electron chi connectivity index (χ2n) is 7.11. The number of rotatable bonds is 8. The highest BCUT2D eigenvalue weighted by Gasteiger charge is 2.13. The molecule has 0 heterocycles. The minimum absolute atomic E-state index is 0.155. The number of carbonyl (C=O) groups excluding carboxylic acids is 3. The highest BCUT2D eigenvalue weighted by molar-refractivity contribution is 6.09. The second-order valence-corrected chi connectivity index (χ2v) is 7.11. The van der Waals surface area contributed by atoms with Crippen LogP contribution < -0.4 is 14.8 Å². The number of anilines is 1. The van der Waals surface area contributed by atoms with Crippen LogP contribution in [0.2, 0.25) is 0 Å². The van der Waals surface area contributed by atoms with Crippen molar-refractivity contribution >= 4 is 29.6 Å². The van der Waals surface area contributed by atoms with E-state index >= 15 is 0 Å². The molecule has 0 saturated heterocycles. The number of nitrogens with zero attached hydrogens (tertiary/aromatic N) is 1. The molecule has 1 N–H and O–H groups in total. The van der Waals surface area contributed by atoms with Crippen molar-refractivity contribution in [3.8, 4) is 17.6 Å². The van der Waals surface area contributed by atoms with E-state index in [2.05, 4.69) is 5.32 Å². The van der Waals surface area contributed by atoms with Gasteiger partial charge in [0, 0.05) is 5.69 Å². The Bertz CT molecular complexity index is 1290. The van der Waals surface area contributed by atoms with E-state index in [4.69, 9.17) is 14.2 Å². The third-order valence-corrected chi connectivity index (χ3v) is 4.72. The van der Waals surface area contributed by atoms with Gasteiger partial charge in [0.05, 0.1) is 24.8 Å². The van der Waals surface area contributed by atoms with E-state index in [0.717, 1.165) is 0 Å². The monoisotopic (exact) mass is 470 g/mol. The van der Waals surface area contributed by atoms with Crippen molar-refractivity contribution in [2.75, 3.05) is 19.0 Å². The number of hydrogen-bond donors (Lipinski definition) is 1. The molecule has 8 nitrogen and oxygen atoms in total. The molecular weight excluding hydrogens is 448 g/mol. The van der Waals surface area contributed by atoms with Crippen molar-refractivity contribution < 1.29 is 28.6 Å². The first-order valence-electron chi connectivity index (χ1n) is 10.6. The van der Waals surface area contributed by atoms with Gasteiger partial charge < -0.3 is 19.5 Å². The fourth-order valence-corrected chi connectivity index (χ4v) is 2.98. The van der Waals surface area contributed by atoms with Gasteiger partial charge in [0.15, 0.2) is 0 Å². The number of methoxy groups -OCH3 is 1. The summed E-state index contributed by atoms with van der Waals surface area (Å²) in [4.78, 5) is 36.7. The van der Waals surface area contributed by atoms with Crippen LogP contribution >= 0.6 is 0 Å². The normalized spacial score (nSPS) is 10.6. The number of hydrogen-bond acceptors (Lipinski definition) is 7. The van der Waals surface area contributed by atoms with Crippen LogP contribution in [-0.4, -0.2) is 31.6 Å². The lowest BCUT2D eigenvalue weighted by Gasteiger charge is -2.07. The molecule has 0 radical (unpaired) electrons. The quantitative estimate of drug-likeness (QED) is 0.221. The van der Waals surface area contributed by atoms with Gasteiger partial charge in [-0.15, -0.1) is 0 Å². The molecule has 0 spiro atoms. The molecule has 3 aromatic carbocycles. The molecule has 35 heavy (non-hydrogen) atoms. The maximum atomic E-state index is 12.6. The first-order valence-corrected chi connectivity index (χ1v) is 10.6. The third kappa shape index (κ3) is 6.79. The molecule has 0 aromatic heterocycles. The number of ether oxygens (including phenoxy) is 3. The summed E-state index contributed by atoms with van der Waals surface area (Å²) >= 11 is 0. The molecule has 0 aliphatic rings. The van der Waals surface area contributed by atoms with Gasteiger partial charge in [0.1, 0.15) is 23.1 Å². The molecule has 0 aliphatic heterocycles. The Morgan fingerprint density at radius 1 is 0.914 bits per heavy atom. The smallest absolute Gasteiger partial charge is 0.343 e. The molecule has 0 saturated carbocycles. The van der Waals surface area contributed by atoms with E-state index in [0.29, 0.717) is 28.1 Å². The van der Waals surface area contributed by atoms with Gasteiger partial charge in [0.25, 0.3) is 5.91 Å². The zero-order valence-electron chi connectivity index (χ0n) is 19.1. The molecule has 0 atom stereocenters. The van der Waals surface area contributed by atoms with Crippen LogP contribution in [0.3, 0.4) is 0 Å². The van der Waals surface area contributed by atoms with Crippen molar-refractivity contribution in [1.82, 2.24) is 0 Å². The average Bonchev–Trinajstić information content (AvgIpc) is 2.88. The Kier molecular flexibility index (Phi) is 8.35. The summed E-state index contributed by atoms with van der Waals surface area (Å²) in [5.41, 5.74) is 1.44. The van der Waals surface area contributed by atoms with Crippen molar-refractivity contribution in [1.29, 1.82) is 5.26 Å². The maximum absolute atomic E-state index is 12.6. The topological polar surface area (TPSA) is 115 Å². The lowest BCUT2D eigenvalue weighted by molar-refractivity contribution is -0.112. The van der Waals surface area contributed by atoms with Crippen LogP contribution in [0.25, 0.3) is 6.08 Å². The average molecular weight is 470 g/mol. The van der Waals surface area contributed by atoms with Gasteiger partial charge in [-0.1, -0.05) is 12.1 Å². The van der Waals surface area contributed by atoms with E-state index in [1.807, 2.05) is 6.07 Å². The van der Waals surface area contributed by atoms with Gasteiger partial charge in [-0.2, -0.15) is 5.26 Å². The zero-order valence-corrected chi connectivity index (χ0v) is 19.1. The van der Waals surface area contributed by atoms with E-state index in [9.17, 15) is 19.6 Å². The van der Waals surface area contributed by atoms with Crippen molar-refractivity contribution in [3.63, 3.8) is 0 Å². The van der Waals surface area contributed by atoms with Crippen LogP contribution in [-0.2, 0) is 9.53 Å². The third-order valence-electron chi connectivity index (χ3n) is 4.72. The summed E-state index contributed by atoms with van der Waals surface area (Å²) in [6, 6.07) is 20.9. The van der Waals surface area contributed by atoms with Crippen LogP contribution in [0, 0.1) is 11.3 Å². The number of esters is 2. The van der Waals surface area contributed by atoms with E-state index in [-0.39, 0.29) is 17.9 Å². The Labute approximate surface area is 202 Å². The first-order chi connectivity index (χ1) is 16.9. The minimum atomic E-state index is -0.628. The molecule has 0 fully saturated rings. The van der Waals surface area contributed by atoms with Crippen LogP contribution in [0.15, 0.2) is 78.4 Å². The molecule has 8 heteroatoms. The Morgan fingerprint density at radius 2 is 1.57 bits per heavy atom. The Hall–Kier alpha value is -4.90. The van der Waals surface area contributed by atoms with E-state index < -0.39 is 17.8 Å². The van der Waals surface area contributed by atoms with Gasteiger partial charge in [-0.05, 0) is 79.2 Å². The molecule has 176 valence electrons. The second kappa shape index (κ2) is 11.8. The minimum Gasteiger partial charge on any atom is -0.497 e. The van der Waals surface area contributed by atoms with Crippen molar-refractivity contribution in [2.45, 2.75) is 6.92 Å². The number of benzene rings is 3. The number of carbonyl (C=O) groups is 3. The largest absolute Gasteiger partial charge is 0.497 e. The van der Waals surface area contributed by atoms with E-state index in [1.165, 1.54) is 25.3 Å². The Balaban J connectivity index is 1.69. The predicted octanol–water partition coefficient (Wildman–Crippen LogP) is 4.64. The van der Waals surface area contributed by atoms with E-state index in [1.54, 1.807) is 67.6 Å². The number of nitrogens with one attached hydrogen (secondary N) is 1. The molecule has 0 bridgehead atoms. The Morgan fingerprint density at radius 3 is 2.20 bits per heavy atom. The summed E-state index contributed by atoms with van der Waals surface area (Å²) in [7, 11) is 1.53. The molecule has 0 aliphatic carbocycles. The zero-order chi connectivity index (χ0) is 25.2. The summed E-state index contributed by atoms with van der Waals surface area (Å²) in [5, 5.41) is 12.1. The fourth-order valence-electron chi connectivity index (χ4n) is 2.98. The van der Waals surface area contributed by atoms with Crippen molar-refractivity contribution in [3.05, 3.63) is 95.1 Å². The van der Waals surface area contributed by atoms with Gasteiger partial charge in [0.2, 0.25) is 0 Å². The van der Waals surface area contributed by atoms with Crippen LogP contribution in [0.4, 0.5) is 5.69 Å². The highest BCUT2D eigenvalue weighted by atomic mass is 16.5. The van der Waals surface area contributed by atoms with Gasteiger partial charge >= 0.3 is 11.9 Å². The number of nitriles is 1. The first kappa shape index (κ1) is 24.7. The summed E-state index contributed by atoms with van der Waals surface area (Å²) in [5.74, 6) is -0.774. The van der Waals surface area contributed by atoms with Crippen molar-refractivity contribution in [2.24, 2.45) is 0 Å². The molecule has 3 rings (SSSR count). The van der Waals surface area contributed by atoms with Gasteiger partial charge in [-0.3, -0.25) is 4.79 Å². The number of amides is 1. The summed E-state index contributed by atoms with van der Waals surface area (Å²) in [6.45, 7) is 1.97. The lowest BCUT2D eigenvalue weighted by atomic mass is 10.1. The summed E-state index contributed by atoms with van der Waals surface area (Å²) < 4.78 is 15.4. The SMILES string of the molecule is CCOC(=O)c1ccc(NC(=O)/C(C#N)=C/c2cccc(OC(=O)c3ccc(OC)cc3)c2)cc1. The van der Waals surface area contributed by atoms with Gasteiger partial charge in [-0.25, -0.2) is 9.59 Å². The predicted molar refractivity (Wildman–Crippen MR) is 129 cm³/mol. The highest BCUT2D eigenvalue weighted by Crippen LogP contribution is 2.19. The standard InChI is InChI=1S/C27H22N2O6/c1-3-34-26(31)19-7-11-22(12-8-19)29-25(30)21(17-28)15-18-5-4-6-24(16-18)35-27(32)20-9-13-23(33-2)14-10-20/h4-16H,3H2,1-2H3,(H,29,30)/b21-15+. The van der Waals surface area contributed by atoms with Crippen LogP contribution in [0.1, 0.15) is 33.2 Å². The molecule has 1 amide bonds. The fraction of sp³-hybridized carbons (Fsp3) is 0.111. The molecule has 0 unspecified atom stereocenters. The molecule has 3 aromatic rings. The van der Waals surface area contributed by atoms with Crippen LogP contribution in [0.5, 0.6) is 11.5 Å². The molecular formula is C27H22N2O6. The maximum Gasteiger partial charge on any atom is 0.343 e. The summed E-state index contributed by atoms with van der Waals surface area (Å²) in [6.07, 6.45) is 1.38.